The fourth-order valence-electron chi connectivity index (χ4n) is 9.74. The minimum absolute atomic E-state index is 0.166. The Labute approximate surface area is 324 Å². The maximum absolute atomic E-state index is 2.60. The number of rotatable bonds is 3. The van der Waals surface area contributed by atoms with E-state index in [9.17, 15) is 0 Å². The van der Waals surface area contributed by atoms with Crippen LogP contribution in [0.3, 0.4) is 0 Å². The van der Waals surface area contributed by atoms with Gasteiger partial charge < -0.3 is 9.80 Å². The molecule has 0 saturated heterocycles. The number of hydrogen-bond acceptors (Lipinski definition) is 4. The average molecular weight is 722 g/mol. The summed E-state index contributed by atoms with van der Waals surface area (Å²) in [5, 5.41) is 5.10. The zero-order chi connectivity index (χ0) is 36.4. The molecule has 260 valence electrons. The zero-order valence-electron chi connectivity index (χ0n) is 30.5. The molecular weight excluding hydrogens is 687 g/mol. The Morgan fingerprint density at radius 1 is 0.455 bits per heavy atom. The van der Waals surface area contributed by atoms with Crippen LogP contribution in [0.1, 0.15) is 25.0 Å². The molecule has 1 aromatic heterocycles. The molecule has 0 unspecified atom stereocenters. The van der Waals surface area contributed by atoms with Crippen molar-refractivity contribution in [1.29, 1.82) is 0 Å². The van der Waals surface area contributed by atoms with Gasteiger partial charge in [-0.2, -0.15) is 0 Å². The van der Waals surface area contributed by atoms with Crippen molar-refractivity contribution in [2.45, 2.75) is 19.3 Å². The molecule has 0 N–H and O–H groups in total. The third-order valence-electron chi connectivity index (χ3n) is 12.0. The van der Waals surface area contributed by atoms with E-state index in [1.54, 1.807) is 0 Å². The lowest BCUT2D eigenvalue weighted by Crippen LogP contribution is -2.29. The fraction of sp³-hybridized carbons (Fsp3) is 0.0588. The highest BCUT2D eigenvalue weighted by molar-refractivity contribution is 7.24. The van der Waals surface area contributed by atoms with E-state index in [2.05, 4.69) is 204 Å². The van der Waals surface area contributed by atoms with Gasteiger partial charge in [-0.05, 0) is 98.8 Å². The lowest BCUT2D eigenvalue weighted by Gasteiger charge is -2.46. The summed E-state index contributed by atoms with van der Waals surface area (Å²) in [6.45, 7) is 4.82. The summed E-state index contributed by atoms with van der Waals surface area (Å²) in [5.41, 5.74) is 17.2. The Hall–Kier alpha value is -6.62. The third kappa shape index (κ3) is 4.15. The molecule has 2 aliphatic heterocycles. The van der Waals surface area contributed by atoms with E-state index >= 15 is 0 Å². The summed E-state index contributed by atoms with van der Waals surface area (Å²) < 4.78 is 1.31. The molecule has 0 fully saturated rings. The van der Waals surface area contributed by atoms with Crippen molar-refractivity contribution >= 4 is 82.7 Å². The van der Waals surface area contributed by atoms with Crippen molar-refractivity contribution in [3.05, 3.63) is 187 Å². The van der Waals surface area contributed by atoms with E-state index < -0.39 is 0 Å². The van der Waals surface area contributed by atoms with Crippen molar-refractivity contribution in [3.63, 3.8) is 0 Å². The molecule has 0 saturated carbocycles. The molecule has 0 spiro atoms. The predicted octanol–water partition coefficient (Wildman–Crippen LogP) is 15.1. The Balaban J connectivity index is 1.15. The average Bonchev–Trinajstić information content (AvgIpc) is 3.73. The van der Waals surface area contributed by atoms with E-state index in [0.717, 1.165) is 22.7 Å². The van der Waals surface area contributed by atoms with Gasteiger partial charge in [0.05, 0.1) is 34.1 Å². The summed E-state index contributed by atoms with van der Waals surface area (Å²) in [5.74, 6) is 0. The number of hydrogen-bond donors (Lipinski definition) is 0. The van der Waals surface area contributed by atoms with Gasteiger partial charge >= 0.3 is 0 Å². The molecule has 0 atom stereocenters. The van der Waals surface area contributed by atoms with Gasteiger partial charge in [-0.25, -0.2) is 0 Å². The zero-order valence-corrected chi connectivity index (χ0v) is 31.3. The molecule has 0 amide bonds. The molecule has 9 aromatic rings. The maximum Gasteiger partial charge on any atom is 0.126 e. The van der Waals surface area contributed by atoms with E-state index in [1.165, 1.54) is 82.0 Å². The largest absolute Gasteiger partial charge is 0.306 e. The summed E-state index contributed by atoms with van der Waals surface area (Å²) >= 11 is 1.90. The highest BCUT2D eigenvalue weighted by Gasteiger charge is 2.44. The monoisotopic (exact) mass is 721 g/mol. The van der Waals surface area contributed by atoms with Crippen LogP contribution in [-0.4, -0.2) is 0 Å². The first-order valence-electron chi connectivity index (χ1n) is 19.0. The summed E-state index contributed by atoms with van der Waals surface area (Å²) in [6.07, 6.45) is 0. The number of nitrogens with zero attached hydrogens (tertiary/aromatic N) is 3. The number of para-hydroxylation sites is 4. The van der Waals surface area contributed by atoms with Crippen molar-refractivity contribution in [2.24, 2.45) is 0 Å². The standard InChI is InChI=1S/C51H35N3S/c1-51(2)40-24-9-8-22-38(40)39-29-30-45-46(47(39)51)49-50(55-45)53(34-18-4-3-5-19-34)44-28-14-27-43-48(44)54(49)42-26-11-10-25-41(42)52(43)35-20-12-17-33(31-35)37-23-13-16-32-15-6-7-21-36(32)37/h3-31H,1-2H3. The summed E-state index contributed by atoms with van der Waals surface area (Å²) in [6, 6.07) is 64.8. The minimum Gasteiger partial charge on any atom is -0.306 e. The first-order chi connectivity index (χ1) is 27.1. The third-order valence-corrected chi connectivity index (χ3v) is 13.2. The van der Waals surface area contributed by atoms with Crippen LogP contribution in [0.2, 0.25) is 0 Å². The number of thiophene rings is 1. The van der Waals surface area contributed by atoms with Gasteiger partial charge in [0.15, 0.2) is 0 Å². The van der Waals surface area contributed by atoms with Crippen molar-refractivity contribution in [3.8, 4) is 22.3 Å². The quantitative estimate of drug-likeness (QED) is 0.180. The normalized spacial score (nSPS) is 14.4. The van der Waals surface area contributed by atoms with Crippen LogP contribution in [0.25, 0.3) is 43.1 Å². The molecular formula is C51H35N3S. The lowest BCUT2D eigenvalue weighted by atomic mass is 9.80. The van der Waals surface area contributed by atoms with Crippen LogP contribution < -0.4 is 14.7 Å². The van der Waals surface area contributed by atoms with Crippen LogP contribution in [0.5, 0.6) is 0 Å². The molecule has 8 aromatic carbocycles. The van der Waals surface area contributed by atoms with Gasteiger partial charge in [0.2, 0.25) is 0 Å². The maximum atomic E-state index is 2.60. The molecule has 3 aliphatic rings. The first-order valence-corrected chi connectivity index (χ1v) is 19.9. The number of benzene rings is 8. The Morgan fingerprint density at radius 3 is 1.96 bits per heavy atom. The summed E-state index contributed by atoms with van der Waals surface area (Å²) in [7, 11) is 0. The van der Waals surface area contributed by atoms with Gasteiger partial charge in [-0.15, -0.1) is 11.3 Å². The number of fused-ring (bicyclic) bond motifs is 11. The lowest BCUT2D eigenvalue weighted by molar-refractivity contribution is 0.666. The van der Waals surface area contributed by atoms with E-state index in [0.29, 0.717) is 0 Å². The second-order valence-electron chi connectivity index (χ2n) is 15.3. The minimum atomic E-state index is -0.166. The molecule has 0 radical (unpaired) electrons. The topological polar surface area (TPSA) is 9.72 Å². The van der Waals surface area contributed by atoms with Crippen molar-refractivity contribution < 1.29 is 0 Å². The van der Waals surface area contributed by atoms with Crippen LogP contribution >= 0.6 is 11.3 Å². The number of anilines is 9. The first kappa shape index (κ1) is 30.8. The second-order valence-corrected chi connectivity index (χ2v) is 16.4. The summed E-state index contributed by atoms with van der Waals surface area (Å²) in [4.78, 5) is 7.58. The van der Waals surface area contributed by atoms with Crippen LogP contribution in [0.15, 0.2) is 176 Å². The molecule has 3 heterocycles. The van der Waals surface area contributed by atoms with Gasteiger partial charge in [-0.3, -0.25) is 4.90 Å². The van der Waals surface area contributed by atoms with Crippen LogP contribution in [0.4, 0.5) is 50.5 Å². The van der Waals surface area contributed by atoms with E-state index in [4.69, 9.17) is 0 Å². The molecule has 4 heteroatoms. The van der Waals surface area contributed by atoms with E-state index in [1.807, 2.05) is 11.3 Å². The molecule has 12 rings (SSSR count). The van der Waals surface area contributed by atoms with Crippen molar-refractivity contribution in [2.75, 3.05) is 14.7 Å². The Bertz CT molecular complexity index is 3040. The van der Waals surface area contributed by atoms with Gasteiger partial charge in [0, 0.05) is 26.9 Å². The molecule has 0 bridgehead atoms. The van der Waals surface area contributed by atoms with Gasteiger partial charge in [0.1, 0.15) is 5.00 Å². The SMILES string of the molecule is CC1(C)c2ccccc2-c2ccc3sc4c(c3c21)N1c2ccccc2N(c2cccc(-c3cccc5ccccc35)c2)c2cccc(c21)N4c1ccccc1. The van der Waals surface area contributed by atoms with E-state index in [-0.39, 0.29) is 5.41 Å². The molecule has 1 aliphatic carbocycles. The molecule has 55 heavy (non-hydrogen) atoms. The highest BCUT2D eigenvalue weighted by atomic mass is 32.1. The predicted molar refractivity (Wildman–Crippen MR) is 233 cm³/mol. The molecule has 3 nitrogen and oxygen atoms in total. The second kappa shape index (κ2) is 11.2. The van der Waals surface area contributed by atoms with Crippen molar-refractivity contribution in [1.82, 2.24) is 0 Å². The van der Waals surface area contributed by atoms with Crippen LogP contribution in [-0.2, 0) is 5.41 Å². The Morgan fingerprint density at radius 2 is 1.09 bits per heavy atom. The van der Waals surface area contributed by atoms with Gasteiger partial charge in [-0.1, -0.05) is 135 Å². The highest BCUT2D eigenvalue weighted by Crippen LogP contribution is 2.68. The van der Waals surface area contributed by atoms with Gasteiger partial charge in [0.25, 0.3) is 0 Å². The fourth-order valence-corrected chi connectivity index (χ4v) is 11.0. The Kier molecular flexibility index (Phi) is 6.27. The smallest absolute Gasteiger partial charge is 0.126 e. The van der Waals surface area contributed by atoms with Crippen LogP contribution in [0, 0.1) is 0 Å².